The van der Waals surface area contributed by atoms with E-state index in [4.69, 9.17) is 0 Å². The zero-order valence-electron chi connectivity index (χ0n) is 14.9. The summed E-state index contributed by atoms with van der Waals surface area (Å²) in [6.07, 6.45) is 9.70. The molecule has 1 aliphatic heterocycles. The van der Waals surface area contributed by atoms with E-state index in [0.717, 1.165) is 34.2 Å². The predicted octanol–water partition coefficient (Wildman–Crippen LogP) is 3.86. The van der Waals surface area contributed by atoms with Crippen molar-refractivity contribution in [3.63, 3.8) is 0 Å². The Morgan fingerprint density at radius 2 is 1.71 bits per heavy atom. The third-order valence-electron chi connectivity index (χ3n) is 4.64. The van der Waals surface area contributed by atoms with Crippen LogP contribution in [0.4, 0.5) is 5.69 Å². The smallest absolute Gasteiger partial charge is 0.147 e. The number of carbonyl (C=O) groups excluding carboxylic acids is 1. The molecule has 0 saturated carbocycles. The van der Waals surface area contributed by atoms with E-state index in [-0.39, 0.29) is 0 Å². The Kier molecular flexibility index (Phi) is 4.77. The van der Waals surface area contributed by atoms with Crippen LogP contribution in [0, 0.1) is 11.3 Å². The summed E-state index contributed by atoms with van der Waals surface area (Å²) in [5.74, 6) is 0. The normalized spacial score (nSPS) is 16.0. The van der Waals surface area contributed by atoms with E-state index < -0.39 is 6.04 Å². The van der Waals surface area contributed by atoms with Crippen LogP contribution in [0.5, 0.6) is 0 Å². The van der Waals surface area contributed by atoms with Crippen LogP contribution >= 0.6 is 0 Å². The van der Waals surface area contributed by atoms with Crippen molar-refractivity contribution in [1.29, 1.82) is 5.26 Å². The summed E-state index contributed by atoms with van der Waals surface area (Å²) in [6.45, 7) is 0. The van der Waals surface area contributed by atoms with Crippen LogP contribution in [-0.4, -0.2) is 22.3 Å². The number of para-hydroxylation sites is 1. The van der Waals surface area contributed by atoms with Gasteiger partial charge in [0.2, 0.25) is 0 Å². The first-order valence-electron chi connectivity index (χ1n) is 8.79. The number of aldehydes is 1. The number of aromatic nitrogens is 2. The van der Waals surface area contributed by atoms with E-state index in [9.17, 15) is 10.1 Å². The van der Waals surface area contributed by atoms with Gasteiger partial charge in [-0.2, -0.15) is 5.26 Å². The molecule has 3 aromatic rings. The van der Waals surface area contributed by atoms with E-state index >= 15 is 0 Å². The van der Waals surface area contributed by atoms with Gasteiger partial charge < -0.3 is 9.69 Å². The molecule has 0 radical (unpaired) electrons. The molecule has 0 fully saturated rings. The molecule has 2 aromatic carbocycles. The van der Waals surface area contributed by atoms with Gasteiger partial charge in [0.15, 0.2) is 0 Å². The third-order valence-corrected chi connectivity index (χ3v) is 4.64. The molecule has 2 heterocycles. The Bertz CT molecular complexity index is 1100. The lowest BCUT2D eigenvalue weighted by Gasteiger charge is -2.33. The van der Waals surface area contributed by atoms with Crippen LogP contribution in [0.1, 0.15) is 16.7 Å². The van der Waals surface area contributed by atoms with Gasteiger partial charge in [-0.15, -0.1) is 0 Å². The minimum Gasteiger partial charge on any atom is -0.333 e. The second-order valence-electron chi connectivity index (χ2n) is 6.29. The molecule has 1 aromatic heterocycles. The summed E-state index contributed by atoms with van der Waals surface area (Å²) in [7, 11) is 0. The largest absolute Gasteiger partial charge is 0.333 e. The Balaban J connectivity index is 1.93. The molecule has 5 heteroatoms. The number of hydrogen-bond donors (Lipinski definition) is 0. The summed E-state index contributed by atoms with van der Waals surface area (Å²) in [4.78, 5) is 22.3. The highest BCUT2D eigenvalue weighted by Crippen LogP contribution is 2.35. The molecule has 4 rings (SSSR count). The molecular formula is C23H16N4O. The highest BCUT2D eigenvalue weighted by Gasteiger charge is 2.28. The van der Waals surface area contributed by atoms with Gasteiger partial charge in [0, 0.05) is 35.4 Å². The summed E-state index contributed by atoms with van der Waals surface area (Å²) in [6, 6.07) is 18.7. The highest BCUT2D eigenvalue weighted by atomic mass is 16.1. The minimum absolute atomic E-state index is 0.527. The number of nitriles is 1. The van der Waals surface area contributed by atoms with Crippen molar-refractivity contribution in [1.82, 2.24) is 9.97 Å². The van der Waals surface area contributed by atoms with Gasteiger partial charge in [0.05, 0.1) is 11.6 Å². The molecule has 1 atom stereocenters. The second kappa shape index (κ2) is 7.68. The molecule has 0 spiro atoms. The van der Waals surface area contributed by atoms with Crippen LogP contribution < -0.4 is 4.90 Å². The SMILES string of the molecule is N#Cc1ccccc1C1=CC(c2cncnc2)=CN(c2ccccc2)C1C=O. The van der Waals surface area contributed by atoms with Gasteiger partial charge in [-0.1, -0.05) is 36.4 Å². The summed E-state index contributed by atoms with van der Waals surface area (Å²) in [5.41, 5.74) is 4.61. The number of rotatable bonds is 4. The van der Waals surface area contributed by atoms with E-state index in [1.807, 2.05) is 65.7 Å². The zero-order valence-corrected chi connectivity index (χ0v) is 14.9. The molecule has 1 unspecified atom stereocenters. The van der Waals surface area contributed by atoms with Gasteiger partial charge in [-0.3, -0.25) is 0 Å². The highest BCUT2D eigenvalue weighted by molar-refractivity contribution is 5.99. The van der Waals surface area contributed by atoms with Crippen molar-refractivity contribution in [2.75, 3.05) is 4.90 Å². The maximum Gasteiger partial charge on any atom is 0.147 e. The van der Waals surface area contributed by atoms with Gasteiger partial charge in [0.1, 0.15) is 18.7 Å². The first-order chi connectivity index (χ1) is 13.8. The average molecular weight is 364 g/mol. The maximum absolute atomic E-state index is 12.2. The summed E-state index contributed by atoms with van der Waals surface area (Å²) >= 11 is 0. The fraction of sp³-hybridized carbons (Fsp3) is 0.0435. The number of carbonyl (C=O) groups is 1. The number of hydrogen-bond acceptors (Lipinski definition) is 5. The van der Waals surface area contributed by atoms with E-state index in [2.05, 4.69) is 16.0 Å². The Morgan fingerprint density at radius 1 is 1.00 bits per heavy atom. The lowest BCUT2D eigenvalue weighted by atomic mass is 9.89. The van der Waals surface area contributed by atoms with E-state index in [1.165, 1.54) is 6.33 Å². The first kappa shape index (κ1) is 17.4. The van der Waals surface area contributed by atoms with Crippen molar-refractivity contribution in [3.05, 3.63) is 102 Å². The zero-order chi connectivity index (χ0) is 19.3. The fourth-order valence-electron chi connectivity index (χ4n) is 3.32. The van der Waals surface area contributed by atoms with Crippen molar-refractivity contribution >= 4 is 23.1 Å². The van der Waals surface area contributed by atoms with Crippen molar-refractivity contribution in [2.45, 2.75) is 6.04 Å². The average Bonchev–Trinajstić information content (AvgIpc) is 2.79. The molecule has 134 valence electrons. The van der Waals surface area contributed by atoms with Gasteiger partial charge in [-0.25, -0.2) is 9.97 Å². The van der Waals surface area contributed by atoms with Gasteiger partial charge >= 0.3 is 0 Å². The van der Waals surface area contributed by atoms with Gasteiger partial charge in [-0.05, 0) is 35.4 Å². The van der Waals surface area contributed by atoms with Crippen LogP contribution in [-0.2, 0) is 4.79 Å². The molecule has 5 nitrogen and oxygen atoms in total. The minimum atomic E-state index is -0.551. The lowest BCUT2D eigenvalue weighted by molar-refractivity contribution is -0.107. The Labute approximate surface area is 162 Å². The van der Waals surface area contributed by atoms with E-state index in [0.29, 0.717) is 5.56 Å². The van der Waals surface area contributed by atoms with Gasteiger partial charge in [0.25, 0.3) is 0 Å². The predicted molar refractivity (Wildman–Crippen MR) is 108 cm³/mol. The summed E-state index contributed by atoms with van der Waals surface area (Å²) in [5, 5.41) is 9.56. The number of anilines is 1. The van der Waals surface area contributed by atoms with Crippen LogP contribution in [0.3, 0.4) is 0 Å². The molecule has 0 aliphatic carbocycles. The maximum atomic E-state index is 12.2. The first-order valence-corrected chi connectivity index (χ1v) is 8.79. The van der Waals surface area contributed by atoms with Crippen molar-refractivity contribution < 1.29 is 4.79 Å². The van der Waals surface area contributed by atoms with Crippen LogP contribution in [0.2, 0.25) is 0 Å². The molecule has 0 bridgehead atoms. The quantitative estimate of drug-likeness (QED) is 0.658. The number of benzene rings is 2. The topological polar surface area (TPSA) is 69.9 Å². The molecule has 0 saturated heterocycles. The number of allylic oxidation sites excluding steroid dienone is 2. The lowest BCUT2D eigenvalue weighted by Crippen LogP contribution is -2.35. The monoisotopic (exact) mass is 364 g/mol. The Morgan fingerprint density at radius 3 is 2.43 bits per heavy atom. The Hall–Kier alpha value is -4.04. The van der Waals surface area contributed by atoms with Crippen molar-refractivity contribution in [2.24, 2.45) is 0 Å². The van der Waals surface area contributed by atoms with Crippen LogP contribution in [0.15, 0.2) is 85.6 Å². The molecule has 28 heavy (non-hydrogen) atoms. The van der Waals surface area contributed by atoms with Crippen LogP contribution in [0.25, 0.3) is 11.1 Å². The third kappa shape index (κ3) is 3.19. The number of nitrogens with zero attached hydrogens (tertiary/aromatic N) is 4. The standard InChI is InChI=1S/C23H16N4O/c24-11-17-6-4-5-9-21(17)22-10-18(19-12-25-16-26-13-19)14-27(23(22)15-28)20-7-2-1-3-8-20/h1-10,12-16,23H. The molecular weight excluding hydrogens is 348 g/mol. The second-order valence-corrected chi connectivity index (χ2v) is 6.29. The molecule has 1 aliphatic rings. The van der Waals surface area contributed by atoms with E-state index in [1.54, 1.807) is 18.5 Å². The molecule has 0 N–H and O–H groups in total. The fourth-order valence-corrected chi connectivity index (χ4v) is 3.32. The van der Waals surface area contributed by atoms with Crippen molar-refractivity contribution in [3.8, 4) is 6.07 Å². The molecule has 0 amide bonds. The summed E-state index contributed by atoms with van der Waals surface area (Å²) < 4.78 is 0.